The lowest BCUT2D eigenvalue weighted by Gasteiger charge is -2.05. The molecule has 0 unspecified atom stereocenters. The van der Waals surface area contributed by atoms with Crippen LogP contribution in [-0.4, -0.2) is 12.0 Å². The van der Waals surface area contributed by atoms with E-state index in [-0.39, 0.29) is 0 Å². The third kappa shape index (κ3) is 2.65. The molecule has 3 aromatic rings. The summed E-state index contributed by atoms with van der Waals surface area (Å²) >= 11 is 0. The molecule has 0 atom stereocenters. The molecule has 102 valence electrons. The van der Waals surface area contributed by atoms with Gasteiger partial charge in [-0.1, -0.05) is 30.3 Å². The van der Waals surface area contributed by atoms with Crippen LogP contribution in [0.5, 0.6) is 0 Å². The summed E-state index contributed by atoms with van der Waals surface area (Å²) in [6.07, 6.45) is 0.822. The third-order valence-electron chi connectivity index (χ3n) is 3.27. The van der Waals surface area contributed by atoms with E-state index in [0.29, 0.717) is 5.58 Å². The van der Waals surface area contributed by atoms with Gasteiger partial charge in [0.15, 0.2) is 5.58 Å². The maximum Gasteiger partial charge on any atom is 0.417 e. The fourth-order valence-corrected chi connectivity index (χ4v) is 2.39. The maximum atomic E-state index is 11.1. The summed E-state index contributed by atoms with van der Waals surface area (Å²) in [6, 6.07) is 14.3. The van der Waals surface area contributed by atoms with Crippen LogP contribution in [0.25, 0.3) is 11.1 Å². The zero-order valence-corrected chi connectivity index (χ0v) is 11.3. The Morgan fingerprint density at radius 3 is 2.75 bits per heavy atom. The van der Waals surface area contributed by atoms with Crippen molar-refractivity contribution in [2.24, 2.45) is 0 Å². The first-order valence-corrected chi connectivity index (χ1v) is 6.59. The van der Waals surface area contributed by atoms with Gasteiger partial charge in [0.05, 0.1) is 5.52 Å². The second-order valence-corrected chi connectivity index (χ2v) is 4.87. The maximum absolute atomic E-state index is 11.1. The summed E-state index contributed by atoms with van der Waals surface area (Å²) < 4.78 is 5.09. The molecule has 0 bridgehead atoms. The Morgan fingerprint density at radius 1 is 1.10 bits per heavy atom. The summed E-state index contributed by atoms with van der Waals surface area (Å²) in [6.45, 7) is 0.861. The van der Waals surface area contributed by atoms with Gasteiger partial charge < -0.3 is 9.73 Å². The highest BCUT2D eigenvalue weighted by Gasteiger charge is 2.03. The summed E-state index contributed by atoms with van der Waals surface area (Å²) in [7, 11) is 1.94. The molecule has 4 nitrogen and oxygen atoms in total. The normalized spacial score (nSPS) is 11.1. The standard InChI is InChI=1S/C16H16N2O2/c1-17-10-13-4-2-3-11(8-13)7-12-5-6-14-15(9-12)20-16(19)18-14/h2-6,8-9,17H,7,10H2,1H3,(H,18,19). The lowest BCUT2D eigenvalue weighted by molar-refractivity contribution is 0.555. The van der Waals surface area contributed by atoms with Gasteiger partial charge in [0.25, 0.3) is 0 Å². The van der Waals surface area contributed by atoms with Crippen molar-refractivity contribution in [2.45, 2.75) is 13.0 Å². The Bertz CT molecular complexity index is 786. The first kappa shape index (κ1) is 12.7. The van der Waals surface area contributed by atoms with Gasteiger partial charge in [0.2, 0.25) is 0 Å². The first-order chi connectivity index (χ1) is 9.74. The third-order valence-corrected chi connectivity index (χ3v) is 3.27. The van der Waals surface area contributed by atoms with E-state index in [9.17, 15) is 4.79 Å². The fraction of sp³-hybridized carbons (Fsp3) is 0.188. The van der Waals surface area contributed by atoms with Crippen LogP contribution in [0.2, 0.25) is 0 Å². The quantitative estimate of drug-likeness (QED) is 0.764. The zero-order chi connectivity index (χ0) is 13.9. The molecule has 0 fully saturated rings. The van der Waals surface area contributed by atoms with Crippen LogP contribution in [0.15, 0.2) is 51.7 Å². The van der Waals surface area contributed by atoms with Crippen molar-refractivity contribution in [3.8, 4) is 0 Å². The minimum absolute atomic E-state index is 0.409. The van der Waals surface area contributed by atoms with Crippen molar-refractivity contribution >= 4 is 11.1 Å². The molecule has 2 aromatic carbocycles. The zero-order valence-electron chi connectivity index (χ0n) is 11.3. The van der Waals surface area contributed by atoms with Gasteiger partial charge in [-0.15, -0.1) is 0 Å². The predicted octanol–water partition coefficient (Wildman–Crippen LogP) is 2.43. The molecule has 0 radical (unpaired) electrons. The van der Waals surface area contributed by atoms with Crippen LogP contribution in [0, 0.1) is 0 Å². The molecule has 20 heavy (non-hydrogen) atoms. The second kappa shape index (κ2) is 5.35. The van der Waals surface area contributed by atoms with Gasteiger partial charge in [0.1, 0.15) is 0 Å². The average Bonchev–Trinajstić information content (AvgIpc) is 2.79. The average molecular weight is 268 g/mol. The van der Waals surface area contributed by atoms with E-state index in [1.165, 1.54) is 11.1 Å². The van der Waals surface area contributed by atoms with Crippen molar-refractivity contribution in [3.63, 3.8) is 0 Å². The highest BCUT2D eigenvalue weighted by molar-refractivity contribution is 5.72. The van der Waals surface area contributed by atoms with Gasteiger partial charge in [-0.3, -0.25) is 4.98 Å². The number of aromatic nitrogens is 1. The van der Waals surface area contributed by atoms with E-state index >= 15 is 0 Å². The summed E-state index contributed by atoms with van der Waals surface area (Å²) in [4.78, 5) is 13.8. The highest BCUT2D eigenvalue weighted by Crippen LogP contribution is 2.16. The minimum atomic E-state index is -0.409. The van der Waals surface area contributed by atoms with Gasteiger partial charge in [0, 0.05) is 6.54 Å². The van der Waals surface area contributed by atoms with Crippen LogP contribution in [0.4, 0.5) is 0 Å². The molecule has 0 saturated carbocycles. The molecule has 0 aliphatic rings. The summed E-state index contributed by atoms with van der Waals surface area (Å²) in [5.41, 5.74) is 4.98. The second-order valence-electron chi connectivity index (χ2n) is 4.87. The van der Waals surface area contributed by atoms with Crippen molar-refractivity contribution in [3.05, 3.63) is 69.7 Å². The van der Waals surface area contributed by atoms with Gasteiger partial charge >= 0.3 is 5.76 Å². The number of benzene rings is 2. The van der Waals surface area contributed by atoms with Crippen LogP contribution in [0.3, 0.4) is 0 Å². The largest absolute Gasteiger partial charge is 0.417 e. The number of fused-ring (bicyclic) bond motifs is 1. The van der Waals surface area contributed by atoms with Crippen molar-refractivity contribution in [2.75, 3.05) is 7.05 Å². The predicted molar refractivity (Wildman–Crippen MR) is 78.8 cm³/mol. The smallest absolute Gasteiger partial charge is 0.408 e. The van der Waals surface area contributed by atoms with E-state index in [4.69, 9.17) is 4.42 Å². The summed E-state index contributed by atoms with van der Waals surface area (Å²) in [5, 5.41) is 3.15. The van der Waals surface area contributed by atoms with E-state index in [2.05, 4.69) is 34.6 Å². The Labute approximate surface area is 116 Å². The van der Waals surface area contributed by atoms with Crippen molar-refractivity contribution < 1.29 is 4.42 Å². The molecular weight excluding hydrogens is 252 g/mol. The van der Waals surface area contributed by atoms with Crippen LogP contribution >= 0.6 is 0 Å². The van der Waals surface area contributed by atoms with Crippen LogP contribution < -0.4 is 11.1 Å². The molecule has 0 saturated heterocycles. The SMILES string of the molecule is CNCc1cccc(Cc2ccc3[nH]c(=O)oc3c2)c1. The molecule has 3 rings (SSSR count). The molecule has 0 aliphatic carbocycles. The molecule has 0 spiro atoms. The van der Waals surface area contributed by atoms with Gasteiger partial charge in [-0.25, -0.2) is 4.79 Å². The van der Waals surface area contributed by atoms with Crippen LogP contribution in [0.1, 0.15) is 16.7 Å². The monoisotopic (exact) mass is 268 g/mol. The molecule has 0 aliphatic heterocycles. The Morgan fingerprint density at radius 2 is 1.90 bits per heavy atom. The molecule has 2 N–H and O–H groups in total. The highest BCUT2D eigenvalue weighted by atomic mass is 16.4. The minimum Gasteiger partial charge on any atom is -0.408 e. The van der Waals surface area contributed by atoms with Gasteiger partial charge in [-0.2, -0.15) is 0 Å². The van der Waals surface area contributed by atoms with E-state index in [1.807, 2.05) is 25.2 Å². The molecule has 1 aromatic heterocycles. The Hall–Kier alpha value is -2.33. The molecule has 0 amide bonds. The topological polar surface area (TPSA) is 58.0 Å². The van der Waals surface area contributed by atoms with Crippen LogP contribution in [-0.2, 0) is 13.0 Å². The van der Waals surface area contributed by atoms with Crippen molar-refractivity contribution in [1.29, 1.82) is 0 Å². The number of rotatable bonds is 4. The summed E-state index contributed by atoms with van der Waals surface area (Å²) in [5.74, 6) is -0.409. The Balaban J connectivity index is 1.88. The van der Waals surface area contributed by atoms with E-state index in [1.54, 1.807) is 0 Å². The number of H-pyrrole nitrogens is 1. The van der Waals surface area contributed by atoms with E-state index < -0.39 is 5.76 Å². The lowest BCUT2D eigenvalue weighted by atomic mass is 10.0. The molecule has 4 heteroatoms. The van der Waals surface area contributed by atoms with Crippen molar-refractivity contribution in [1.82, 2.24) is 10.3 Å². The number of aromatic amines is 1. The molecular formula is C16H16N2O2. The number of oxazole rings is 1. The molecule has 1 heterocycles. The van der Waals surface area contributed by atoms with E-state index in [0.717, 1.165) is 24.0 Å². The Kier molecular flexibility index (Phi) is 3.39. The first-order valence-electron chi connectivity index (χ1n) is 6.59. The van der Waals surface area contributed by atoms with Gasteiger partial charge in [-0.05, 0) is 42.3 Å². The number of nitrogens with one attached hydrogen (secondary N) is 2. The lowest BCUT2D eigenvalue weighted by Crippen LogP contribution is -2.05. The number of hydrogen-bond donors (Lipinski definition) is 2. The fourth-order valence-electron chi connectivity index (χ4n) is 2.39. The number of hydrogen-bond acceptors (Lipinski definition) is 3.